The van der Waals surface area contributed by atoms with Crippen LogP contribution in [0.3, 0.4) is 0 Å². The van der Waals surface area contributed by atoms with Crippen molar-refractivity contribution in [3.8, 4) is 0 Å². The van der Waals surface area contributed by atoms with Crippen molar-refractivity contribution in [3.63, 3.8) is 0 Å². The number of hydrogen-bond acceptors (Lipinski definition) is 1. The van der Waals surface area contributed by atoms with E-state index >= 15 is 0 Å². The van der Waals surface area contributed by atoms with Gasteiger partial charge < -0.3 is 5.73 Å². The fourth-order valence-electron chi connectivity index (χ4n) is 1.49. The predicted octanol–water partition coefficient (Wildman–Crippen LogP) is 3.25. The zero-order chi connectivity index (χ0) is 11.4. The van der Waals surface area contributed by atoms with Crippen LogP contribution in [0.25, 0.3) is 0 Å². The molecule has 0 radical (unpaired) electrons. The zero-order valence-corrected chi connectivity index (χ0v) is 9.89. The minimum Gasteiger partial charge on any atom is -0.330 e. The molecule has 15 heavy (non-hydrogen) atoms. The second-order valence-electron chi connectivity index (χ2n) is 4.11. The average Bonchev–Trinajstić information content (AvgIpc) is 2.23. The summed E-state index contributed by atoms with van der Waals surface area (Å²) in [5.41, 5.74) is 6.25. The van der Waals surface area contributed by atoms with Gasteiger partial charge >= 0.3 is 0 Å². The van der Waals surface area contributed by atoms with Gasteiger partial charge in [-0.15, -0.1) is 0 Å². The molecule has 1 aromatic rings. The molecule has 2 atom stereocenters. The summed E-state index contributed by atoms with van der Waals surface area (Å²) in [5, 5.41) is 0.195. The molecule has 2 N–H and O–H groups in total. The van der Waals surface area contributed by atoms with Crippen LogP contribution in [-0.2, 0) is 6.42 Å². The van der Waals surface area contributed by atoms with Crippen LogP contribution in [-0.4, -0.2) is 6.54 Å². The van der Waals surface area contributed by atoms with Crippen molar-refractivity contribution >= 4 is 11.6 Å². The van der Waals surface area contributed by atoms with Gasteiger partial charge in [-0.3, -0.25) is 0 Å². The topological polar surface area (TPSA) is 26.0 Å². The van der Waals surface area contributed by atoms with Gasteiger partial charge in [0.15, 0.2) is 0 Å². The number of nitrogens with two attached hydrogens (primary N) is 1. The number of halogens is 2. The normalized spacial score (nSPS) is 15.0. The van der Waals surface area contributed by atoms with Crippen molar-refractivity contribution in [2.24, 2.45) is 17.6 Å². The van der Waals surface area contributed by atoms with Gasteiger partial charge in [-0.25, -0.2) is 4.39 Å². The van der Waals surface area contributed by atoms with E-state index in [1.54, 1.807) is 18.2 Å². The lowest BCUT2D eigenvalue weighted by Crippen LogP contribution is -2.20. The lowest BCUT2D eigenvalue weighted by atomic mass is 9.89. The van der Waals surface area contributed by atoms with Gasteiger partial charge in [-0.2, -0.15) is 0 Å². The van der Waals surface area contributed by atoms with E-state index in [1.807, 2.05) is 0 Å². The molecule has 0 spiro atoms. The van der Waals surface area contributed by atoms with Gasteiger partial charge in [0.2, 0.25) is 0 Å². The van der Waals surface area contributed by atoms with Gasteiger partial charge in [0.05, 0.1) is 5.02 Å². The molecule has 3 heteroatoms. The number of rotatable bonds is 4. The van der Waals surface area contributed by atoms with Gasteiger partial charge in [-0.1, -0.05) is 37.6 Å². The highest BCUT2D eigenvalue weighted by Gasteiger charge is 2.14. The Kier molecular flexibility index (Phi) is 4.55. The summed E-state index contributed by atoms with van der Waals surface area (Å²) in [5.74, 6) is 0.460. The number of hydrogen-bond donors (Lipinski definition) is 1. The van der Waals surface area contributed by atoms with Gasteiger partial charge in [0, 0.05) is 0 Å². The quantitative estimate of drug-likeness (QED) is 0.843. The highest BCUT2D eigenvalue weighted by atomic mass is 35.5. The predicted molar refractivity (Wildman–Crippen MR) is 62.5 cm³/mol. The lowest BCUT2D eigenvalue weighted by Gasteiger charge is -2.18. The third-order valence-electron chi connectivity index (χ3n) is 2.92. The maximum atomic E-state index is 13.6. The molecule has 1 rings (SSSR count). The molecule has 1 aromatic carbocycles. The standard InChI is InChI=1S/C12H17ClFN/c1-8(9(2)7-15)6-10-4-3-5-11(13)12(10)14/h3-5,8-9H,6-7,15H2,1-2H3. The van der Waals surface area contributed by atoms with E-state index in [0.29, 0.717) is 30.4 Å². The molecule has 1 nitrogen and oxygen atoms in total. The van der Waals surface area contributed by atoms with Crippen LogP contribution in [0.4, 0.5) is 4.39 Å². The Morgan fingerprint density at radius 3 is 2.60 bits per heavy atom. The van der Waals surface area contributed by atoms with E-state index in [1.165, 1.54) is 0 Å². The van der Waals surface area contributed by atoms with Gasteiger partial charge in [0.1, 0.15) is 5.82 Å². The Morgan fingerprint density at radius 2 is 2.00 bits per heavy atom. The van der Waals surface area contributed by atoms with Crippen molar-refractivity contribution in [3.05, 3.63) is 34.6 Å². The second-order valence-corrected chi connectivity index (χ2v) is 4.51. The summed E-state index contributed by atoms with van der Waals surface area (Å²) in [7, 11) is 0. The van der Waals surface area contributed by atoms with E-state index in [4.69, 9.17) is 17.3 Å². The van der Waals surface area contributed by atoms with Crippen LogP contribution >= 0.6 is 11.6 Å². The van der Waals surface area contributed by atoms with Crippen molar-refractivity contribution in [2.45, 2.75) is 20.3 Å². The van der Waals surface area contributed by atoms with Crippen LogP contribution < -0.4 is 5.73 Å². The Hall–Kier alpha value is -0.600. The van der Waals surface area contributed by atoms with Crippen molar-refractivity contribution < 1.29 is 4.39 Å². The molecule has 0 aliphatic carbocycles. The molecule has 2 unspecified atom stereocenters. The number of benzene rings is 1. The van der Waals surface area contributed by atoms with E-state index in [0.717, 1.165) is 0 Å². The second kappa shape index (κ2) is 5.47. The minimum absolute atomic E-state index is 0.195. The van der Waals surface area contributed by atoms with E-state index in [9.17, 15) is 4.39 Å². The smallest absolute Gasteiger partial charge is 0.144 e. The summed E-state index contributed by atoms with van der Waals surface area (Å²) in [4.78, 5) is 0. The summed E-state index contributed by atoms with van der Waals surface area (Å²) in [6.45, 7) is 4.79. The molecule has 0 heterocycles. The van der Waals surface area contributed by atoms with Crippen LogP contribution in [0.2, 0.25) is 5.02 Å². The largest absolute Gasteiger partial charge is 0.330 e. The maximum Gasteiger partial charge on any atom is 0.144 e. The van der Waals surface area contributed by atoms with Crippen LogP contribution in [0.15, 0.2) is 18.2 Å². The molecular formula is C12H17ClFN. The first-order valence-electron chi connectivity index (χ1n) is 5.19. The molecule has 0 saturated carbocycles. The maximum absolute atomic E-state index is 13.6. The highest BCUT2D eigenvalue weighted by Crippen LogP contribution is 2.22. The highest BCUT2D eigenvalue weighted by molar-refractivity contribution is 6.30. The first-order valence-corrected chi connectivity index (χ1v) is 5.57. The molecule has 0 amide bonds. The van der Waals surface area contributed by atoms with Crippen molar-refractivity contribution in [1.29, 1.82) is 0 Å². The first-order chi connectivity index (χ1) is 7.06. The molecule has 0 bridgehead atoms. The van der Waals surface area contributed by atoms with Gasteiger partial charge in [0.25, 0.3) is 0 Å². The Bertz CT molecular complexity index is 327. The SMILES string of the molecule is CC(CN)C(C)Cc1cccc(Cl)c1F. The summed E-state index contributed by atoms with van der Waals surface area (Å²) in [6.07, 6.45) is 0.685. The monoisotopic (exact) mass is 229 g/mol. The lowest BCUT2D eigenvalue weighted by molar-refractivity contribution is 0.389. The summed E-state index contributed by atoms with van der Waals surface area (Å²) < 4.78 is 13.6. The zero-order valence-electron chi connectivity index (χ0n) is 9.13. The molecule has 84 valence electrons. The van der Waals surface area contributed by atoms with Crippen molar-refractivity contribution in [1.82, 2.24) is 0 Å². The fourth-order valence-corrected chi connectivity index (χ4v) is 1.68. The van der Waals surface area contributed by atoms with E-state index < -0.39 is 0 Å². The fraction of sp³-hybridized carbons (Fsp3) is 0.500. The summed E-state index contributed by atoms with van der Waals surface area (Å²) >= 11 is 5.71. The van der Waals surface area contributed by atoms with Crippen LogP contribution in [0, 0.1) is 17.7 Å². The third-order valence-corrected chi connectivity index (χ3v) is 3.21. The molecule has 0 fully saturated rings. The van der Waals surface area contributed by atoms with E-state index in [-0.39, 0.29) is 10.8 Å². The minimum atomic E-state index is -0.296. The molecular weight excluding hydrogens is 213 g/mol. The molecule has 0 saturated heterocycles. The van der Waals surface area contributed by atoms with E-state index in [2.05, 4.69) is 13.8 Å². The average molecular weight is 230 g/mol. The Labute approximate surface area is 95.4 Å². The molecule has 0 aliphatic heterocycles. The van der Waals surface area contributed by atoms with Crippen LogP contribution in [0.5, 0.6) is 0 Å². The van der Waals surface area contributed by atoms with Gasteiger partial charge in [-0.05, 0) is 36.4 Å². The molecule has 0 aromatic heterocycles. The Balaban J connectivity index is 2.76. The molecule has 0 aliphatic rings. The van der Waals surface area contributed by atoms with Crippen LogP contribution in [0.1, 0.15) is 19.4 Å². The van der Waals surface area contributed by atoms with Crippen molar-refractivity contribution in [2.75, 3.05) is 6.54 Å². The first kappa shape index (κ1) is 12.5. The summed E-state index contributed by atoms with van der Waals surface area (Å²) in [6, 6.07) is 5.12. The third kappa shape index (κ3) is 3.18. The Morgan fingerprint density at radius 1 is 1.33 bits per heavy atom.